The molecule has 10 heteroatoms. The minimum Gasteiger partial charge on any atom is -0.492 e. The molecule has 1 heterocycles. The van der Waals surface area contributed by atoms with Crippen molar-refractivity contribution in [1.82, 2.24) is 15.5 Å². The van der Waals surface area contributed by atoms with Crippen LogP contribution in [0.5, 0.6) is 5.75 Å². The van der Waals surface area contributed by atoms with E-state index in [1.165, 1.54) is 12.1 Å². The van der Waals surface area contributed by atoms with E-state index in [-0.39, 0.29) is 36.3 Å². The molecule has 0 spiro atoms. The number of aliphatic imine (C=N–C) groups is 1. The second kappa shape index (κ2) is 12.2. The summed E-state index contributed by atoms with van der Waals surface area (Å²) < 4.78 is 48.6. The molecule has 6 nitrogen and oxygen atoms in total. The van der Waals surface area contributed by atoms with Gasteiger partial charge >= 0.3 is 6.18 Å². The molecule has 2 N–H and O–H groups in total. The van der Waals surface area contributed by atoms with Crippen molar-refractivity contribution >= 4 is 29.9 Å². The molecule has 1 fully saturated rings. The zero-order valence-corrected chi connectivity index (χ0v) is 17.5. The molecule has 0 aromatic heterocycles. The zero-order valence-electron chi connectivity index (χ0n) is 15.2. The van der Waals surface area contributed by atoms with Crippen LogP contribution in [0.3, 0.4) is 0 Å². The maximum atomic E-state index is 12.7. The van der Waals surface area contributed by atoms with Crippen LogP contribution in [-0.4, -0.2) is 70.5 Å². The van der Waals surface area contributed by atoms with Crippen LogP contribution in [0.15, 0.2) is 29.3 Å². The number of ether oxygens (including phenoxy) is 2. The lowest BCUT2D eigenvalue weighted by Gasteiger charge is -2.26. The molecule has 1 aromatic rings. The fraction of sp³-hybridized carbons (Fsp3) is 0.588. The normalized spacial score (nSPS) is 15.8. The van der Waals surface area contributed by atoms with Crippen LogP contribution >= 0.6 is 24.0 Å². The standard InChI is InChI=1S/C17H25F3N4O2.HI/c1-21-16(22-5-7-24-8-11-25-12-9-24)23-6-10-26-15-4-2-3-14(13-15)17(18,19)20;/h2-4,13H,5-12H2,1H3,(H2,21,22,23);1H. The zero-order chi connectivity index (χ0) is 18.8. The van der Waals surface area contributed by atoms with Crippen molar-refractivity contribution < 1.29 is 22.6 Å². The van der Waals surface area contributed by atoms with Crippen LogP contribution in [0.25, 0.3) is 0 Å². The Balaban J connectivity index is 0.00000364. The average Bonchev–Trinajstić information content (AvgIpc) is 2.64. The van der Waals surface area contributed by atoms with Crippen LogP contribution in [0, 0.1) is 0 Å². The van der Waals surface area contributed by atoms with Gasteiger partial charge in [0, 0.05) is 33.2 Å². The van der Waals surface area contributed by atoms with Gasteiger partial charge in [0.2, 0.25) is 0 Å². The summed E-state index contributed by atoms with van der Waals surface area (Å²) in [5, 5.41) is 6.27. The van der Waals surface area contributed by atoms with Crippen LogP contribution in [0.2, 0.25) is 0 Å². The minimum absolute atomic E-state index is 0. The summed E-state index contributed by atoms with van der Waals surface area (Å²) in [4.78, 5) is 6.41. The van der Waals surface area contributed by atoms with E-state index in [0.717, 1.165) is 51.5 Å². The summed E-state index contributed by atoms with van der Waals surface area (Å²) in [6, 6.07) is 4.85. The summed E-state index contributed by atoms with van der Waals surface area (Å²) >= 11 is 0. The molecular weight excluding hydrogens is 476 g/mol. The fourth-order valence-corrected chi connectivity index (χ4v) is 2.48. The predicted molar refractivity (Wildman–Crippen MR) is 109 cm³/mol. The van der Waals surface area contributed by atoms with E-state index in [9.17, 15) is 13.2 Å². The van der Waals surface area contributed by atoms with Gasteiger partial charge in [-0.15, -0.1) is 24.0 Å². The largest absolute Gasteiger partial charge is 0.492 e. The van der Waals surface area contributed by atoms with E-state index in [2.05, 4.69) is 20.5 Å². The van der Waals surface area contributed by atoms with Gasteiger partial charge in [0.1, 0.15) is 12.4 Å². The number of benzene rings is 1. The fourth-order valence-electron chi connectivity index (χ4n) is 2.48. The summed E-state index contributed by atoms with van der Waals surface area (Å²) in [7, 11) is 1.66. The highest BCUT2D eigenvalue weighted by atomic mass is 127. The first-order chi connectivity index (χ1) is 12.5. The first kappa shape index (κ1) is 23.8. The maximum absolute atomic E-state index is 12.7. The molecule has 0 bridgehead atoms. The molecule has 154 valence electrons. The van der Waals surface area contributed by atoms with Crippen LogP contribution in [-0.2, 0) is 10.9 Å². The number of halogens is 4. The number of rotatable bonds is 7. The molecule has 0 radical (unpaired) electrons. The molecule has 27 heavy (non-hydrogen) atoms. The lowest BCUT2D eigenvalue weighted by molar-refractivity contribution is -0.137. The Morgan fingerprint density at radius 1 is 1.22 bits per heavy atom. The third-order valence-electron chi connectivity index (χ3n) is 3.87. The Hall–Kier alpha value is -1.27. The SMILES string of the molecule is CN=C(NCCOc1cccc(C(F)(F)F)c1)NCCN1CCOCC1.I. The predicted octanol–water partition coefficient (Wildman–Crippen LogP) is 2.20. The first-order valence-electron chi connectivity index (χ1n) is 8.54. The molecule has 1 aliphatic rings. The van der Waals surface area contributed by atoms with E-state index in [1.54, 1.807) is 7.05 Å². The molecule has 2 rings (SSSR count). The number of guanidine groups is 1. The highest BCUT2D eigenvalue weighted by Gasteiger charge is 2.30. The number of nitrogens with one attached hydrogen (secondary N) is 2. The number of alkyl halides is 3. The number of nitrogens with zero attached hydrogens (tertiary/aromatic N) is 2. The minimum atomic E-state index is -4.37. The van der Waals surface area contributed by atoms with Crippen molar-refractivity contribution in [3.05, 3.63) is 29.8 Å². The van der Waals surface area contributed by atoms with E-state index in [1.807, 2.05) is 0 Å². The van der Waals surface area contributed by atoms with E-state index >= 15 is 0 Å². The highest BCUT2D eigenvalue weighted by molar-refractivity contribution is 14.0. The monoisotopic (exact) mass is 502 g/mol. The Morgan fingerprint density at radius 3 is 2.59 bits per heavy atom. The van der Waals surface area contributed by atoms with Crippen LogP contribution < -0.4 is 15.4 Å². The Morgan fingerprint density at radius 2 is 1.93 bits per heavy atom. The highest BCUT2D eigenvalue weighted by Crippen LogP contribution is 2.31. The summed E-state index contributed by atoms with van der Waals surface area (Å²) in [6.45, 7) is 5.68. The molecule has 1 aromatic carbocycles. The van der Waals surface area contributed by atoms with E-state index in [4.69, 9.17) is 9.47 Å². The molecule has 1 aliphatic heterocycles. The molecule has 0 atom stereocenters. The van der Waals surface area contributed by atoms with Gasteiger partial charge in [0.15, 0.2) is 5.96 Å². The van der Waals surface area contributed by atoms with E-state index < -0.39 is 11.7 Å². The van der Waals surface area contributed by atoms with E-state index in [0.29, 0.717) is 12.5 Å². The van der Waals surface area contributed by atoms with Crippen molar-refractivity contribution in [2.75, 3.05) is 59.6 Å². The molecule has 0 aliphatic carbocycles. The summed E-state index contributed by atoms with van der Waals surface area (Å²) in [5.41, 5.74) is -0.719. The molecule has 1 saturated heterocycles. The first-order valence-corrected chi connectivity index (χ1v) is 8.54. The van der Waals surface area contributed by atoms with Gasteiger partial charge in [-0.3, -0.25) is 9.89 Å². The molecular formula is C17H26F3IN4O2. The second-order valence-electron chi connectivity index (χ2n) is 5.75. The van der Waals surface area contributed by atoms with Crippen molar-refractivity contribution in [3.63, 3.8) is 0 Å². The third-order valence-corrected chi connectivity index (χ3v) is 3.87. The topological polar surface area (TPSA) is 58.1 Å². The van der Waals surface area contributed by atoms with Crippen LogP contribution in [0.1, 0.15) is 5.56 Å². The van der Waals surface area contributed by atoms with Gasteiger partial charge in [-0.2, -0.15) is 13.2 Å². The average molecular weight is 502 g/mol. The Labute approximate surface area is 174 Å². The second-order valence-corrected chi connectivity index (χ2v) is 5.75. The van der Waals surface area contributed by atoms with Gasteiger partial charge in [-0.25, -0.2) is 0 Å². The summed E-state index contributed by atoms with van der Waals surface area (Å²) in [6.07, 6.45) is -4.37. The third kappa shape index (κ3) is 8.98. The molecule has 0 saturated carbocycles. The van der Waals surface area contributed by atoms with Crippen molar-refractivity contribution in [2.24, 2.45) is 4.99 Å². The van der Waals surface area contributed by atoms with Crippen molar-refractivity contribution in [3.8, 4) is 5.75 Å². The molecule has 0 amide bonds. The van der Waals surface area contributed by atoms with Gasteiger partial charge < -0.3 is 20.1 Å². The number of hydrogen-bond donors (Lipinski definition) is 2. The summed E-state index contributed by atoms with van der Waals surface area (Å²) in [5.74, 6) is 0.822. The lowest BCUT2D eigenvalue weighted by Crippen LogP contribution is -2.45. The quantitative estimate of drug-likeness (QED) is 0.259. The van der Waals surface area contributed by atoms with Gasteiger partial charge in [0.25, 0.3) is 0 Å². The maximum Gasteiger partial charge on any atom is 0.416 e. The van der Waals surface area contributed by atoms with Gasteiger partial charge in [-0.05, 0) is 18.2 Å². The lowest BCUT2D eigenvalue weighted by atomic mass is 10.2. The van der Waals surface area contributed by atoms with Crippen molar-refractivity contribution in [1.29, 1.82) is 0 Å². The Kier molecular flexibility index (Phi) is 10.8. The van der Waals surface area contributed by atoms with Crippen molar-refractivity contribution in [2.45, 2.75) is 6.18 Å². The van der Waals surface area contributed by atoms with Crippen LogP contribution in [0.4, 0.5) is 13.2 Å². The smallest absolute Gasteiger partial charge is 0.416 e. The van der Waals surface area contributed by atoms with Gasteiger partial charge in [-0.1, -0.05) is 6.07 Å². The number of morpholine rings is 1. The number of hydrogen-bond acceptors (Lipinski definition) is 4. The van der Waals surface area contributed by atoms with Gasteiger partial charge in [0.05, 0.1) is 25.3 Å². The Bertz CT molecular complexity index is 582. The molecule has 0 unspecified atom stereocenters.